The highest BCUT2D eigenvalue weighted by Crippen LogP contribution is 2.30. The fraction of sp³-hybridized carbons (Fsp3) is 0.286. The lowest BCUT2D eigenvalue weighted by Crippen LogP contribution is -2.14. The van der Waals surface area contributed by atoms with Crippen molar-refractivity contribution in [2.24, 2.45) is 0 Å². The highest BCUT2D eigenvalue weighted by molar-refractivity contribution is 5.59. The quantitative estimate of drug-likeness (QED) is 0.397. The van der Waals surface area contributed by atoms with Crippen LogP contribution in [0, 0.1) is 10.1 Å². The number of alkyl halides is 3. The first-order valence-corrected chi connectivity index (χ1v) is 7.12. The molecule has 0 radical (unpaired) electrons. The second-order valence-electron chi connectivity index (χ2n) is 4.89. The van der Waals surface area contributed by atoms with Crippen molar-refractivity contribution in [3.63, 3.8) is 0 Å². The maximum Gasteiger partial charge on any atom is 0.433 e. The first kappa shape index (κ1) is 18.4. The smallest absolute Gasteiger partial charge is 0.396 e. The number of aliphatic hydroxyl groups excluding tert-OH is 1. The minimum Gasteiger partial charge on any atom is -0.396 e. The molecule has 0 aliphatic carbocycles. The molecule has 0 unspecified atom stereocenters. The number of nitrogens with one attached hydrogen (secondary N) is 2. The van der Waals surface area contributed by atoms with E-state index in [0.717, 1.165) is 6.07 Å². The summed E-state index contributed by atoms with van der Waals surface area (Å²) in [4.78, 5) is 17.3. The summed E-state index contributed by atoms with van der Waals surface area (Å²) in [6, 6.07) is 5.88. The Morgan fingerprint density at radius 2 is 1.88 bits per heavy atom. The summed E-state index contributed by atoms with van der Waals surface area (Å²) in [5, 5.41) is 24.6. The molecule has 1 aromatic heterocycles. The number of non-ortho nitro benzene ring substituents is 1. The van der Waals surface area contributed by atoms with Gasteiger partial charge in [0.2, 0.25) is 5.95 Å². The third-order valence-corrected chi connectivity index (χ3v) is 2.99. The molecule has 1 aromatic carbocycles. The van der Waals surface area contributed by atoms with E-state index in [1.165, 1.54) is 24.3 Å². The molecule has 0 atom stereocenters. The van der Waals surface area contributed by atoms with Crippen molar-refractivity contribution in [2.45, 2.75) is 12.6 Å². The number of benzene rings is 1. The fourth-order valence-electron chi connectivity index (χ4n) is 1.83. The van der Waals surface area contributed by atoms with E-state index < -0.39 is 16.8 Å². The molecule has 1 heterocycles. The van der Waals surface area contributed by atoms with Gasteiger partial charge in [-0.1, -0.05) is 0 Å². The van der Waals surface area contributed by atoms with Crippen molar-refractivity contribution in [1.82, 2.24) is 9.97 Å². The van der Waals surface area contributed by atoms with Gasteiger partial charge in [-0.2, -0.15) is 18.2 Å². The largest absolute Gasteiger partial charge is 0.433 e. The molecule has 0 aliphatic heterocycles. The van der Waals surface area contributed by atoms with E-state index in [0.29, 0.717) is 12.1 Å². The molecule has 2 rings (SSSR count). The Hall–Kier alpha value is -2.95. The lowest BCUT2D eigenvalue weighted by molar-refractivity contribution is -0.384. The van der Waals surface area contributed by atoms with Crippen LogP contribution in [0.5, 0.6) is 0 Å². The lowest BCUT2D eigenvalue weighted by atomic mass is 10.3. The zero-order chi connectivity index (χ0) is 18.4. The average molecular weight is 357 g/mol. The summed E-state index contributed by atoms with van der Waals surface area (Å²) in [6.45, 7) is 0.0780. The molecule has 0 amide bonds. The van der Waals surface area contributed by atoms with Crippen molar-refractivity contribution >= 4 is 23.1 Å². The molecule has 0 fully saturated rings. The standard InChI is InChI=1S/C14H14F3N5O3/c15-14(16,17)11-8-12(21-13(20-11)18-6-1-7-23)19-9-2-4-10(5-3-9)22(24)25/h2-5,8,23H,1,6-7H2,(H2,18,19,20,21). The SMILES string of the molecule is O=[N+]([O-])c1ccc(Nc2cc(C(F)(F)F)nc(NCCCO)n2)cc1. The number of nitrogens with zero attached hydrogens (tertiary/aromatic N) is 3. The molecule has 11 heteroatoms. The van der Waals surface area contributed by atoms with Crippen LogP contribution in [0.2, 0.25) is 0 Å². The van der Waals surface area contributed by atoms with Gasteiger partial charge in [-0.25, -0.2) is 4.98 Å². The number of hydrogen-bond acceptors (Lipinski definition) is 7. The maximum atomic E-state index is 13.0. The molecule has 0 aliphatic rings. The van der Waals surface area contributed by atoms with Crippen LogP contribution in [-0.2, 0) is 6.18 Å². The minimum absolute atomic E-state index is 0.123. The molecule has 2 aromatic rings. The fourth-order valence-corrected chi connectivity index (χ4v) is 1.83. The van der Waals surface area contributed by atoms with Crippen LogP contribution in [0.15, 0.2) is 30.3 Å². The monoisotopic (exact) mass is 357 g/mol. The van der Waals surface area contributed by atoms with Crippen molar-refractivity contribution in [2.75, 3.05) is 23.8 Å². The Kier molecular flexibility index (Phi) is 5.70. The normalized spacial score (nSPS) is 11.2. The van der Waals surface area contributed by atoms with Crippen LogP contribution in [0.4, 0.5) is 36.3 Å². The van der Waals surface area contributed by atoms with Crippen LogP contribution in [0.1, 0.15) is 12.1 Å². The van der Waals surface area contributed by atoms with Gasteiger partial charge in [-0.15, -0.1) is 0 Å². The molecule has 8 nitrogen and oxygen atoms in total. The van der Waals surface area contributed by atoms with Gasteiger partial charge in [0, 0.05) is 37.0 Å². The van der Waals surface area contributed by atoms with Gasteiger partial charge >= 0.3 is 6.18 Å². The molecule has 25 heavy (non-hydrogen) atoms. The zero-order valence-electron chi connectivity index (χ0n) is 12.7. The van der Waals surface area contributed by atoms with Crippen LogP contribution in [0.25, 0.3) is 0 Å². The van der Waals surface area contributed by atoms with E-state index >= 15 is 0 Å². The van der Waals surface area contributed by atoms with Gasteiger partial charge in [0.1, 0.15) is 5.82 Å². The summed E-state index contributed by atoms with van der Waals surface area (Å²) in [5.74, 6) is -0.365. The van der Waals surface area contributed by atoms with Gasteiger partial charge in [-0.05, 0) is 18.6 Å². The molecule has 3 N–H and O–H groups in total. The zero-order valence-corrected chi connectivity index (χ0v) is 12.7. The Morgan fingerprint density at radius 3 is 2.44 bits per heavy atom. The van der Waals surface area contributed by atoms with Crippen LogP contribution in [0.3, 0.4) is 0 Å². The molecule has 0 saturated carbocycles. The number of nitro groups is 1. The number of hydrogen-bond donors (Lipinski definition) is 3. The number of aliphatic hydroxyl groups is 1. The van der Waals surface area contributed by atoms with Gasteiger partial charge in [0.05, 0.1) is 4.92 Å². The average Bonchev–Trinajstić information content (AvgIpc) is 2.54. The van der Waals surface area contributed by atoms with Crippen LogP contribution >= 0.6 is 0 Å². The summed E-state index contributed by atoms with van der Waals surface area (Å²) in [6.07, 6.45) is -4.34. The van der Waals surface area contributed by atoms with Crippen LogP contribution < -0.4 is 10.6 Å². The van der Waals surface area contributed by atoms with E-state index in [1.54, 1.807) is 0 Å². The third-order valence-electron chi connectivity index (χ3n) is 2.99. The molecular weight excluding hydrogens is 343 g/mol. The number of aromatic nitrogens is 2. The number of anilines is 3. The molecule has 0 saturated heterocycles. The van der Waals surface area contributed by atoms with Crippen molar-refractivity contribution in [3.05, 3.63) is 46.1 Å². The third kappa shape index (κ3) is 5.28. The molecular formula is C14H14F3N5O3. The first-order valence-electron chi connectivity index (χ1n) is 7.12. The van der Waals surface area contributed by atoms with Crippen LogP contribution in [-0.4, -0.2) is 33.1 Å². The van der Waals surface area contributed by atoms with E-state index in [1.807, 2.05) is 0 Å². The van der Waals surface area contributed by atoms with E-state index in [2.05, 4.69) is 20.6 Å². The second-order valence-corrected chi connectivity index (χ2v) is 4.89. The molecule has 134 valence electrons. The van der Waals surface area contributed by atoms with E-state index in [4.69, 9.17) is 5.11 Å². The summed E-state index contributed by atoms with van der Waals surface area (Å²) >= 11 is 0. The minimum atomic E-state index is -4.66. The Bertz CT molecular complexity index is 737. The van der Waals surface area contributed by atoms with Crippen molar-refractivity contribution in [1.29, 1.82) is 0 Å². The predicted molar refractivity (Wildman–Crippen MR) is 83.6 cm³/mol. The Balaban J connectivity index is 2.25. The predicted octanol–water partition coefficient (Wildman–Crippen LogP) is 2.94. The van der Waals surface area contributed by atoms with E-state index in [9.17, 15) is 23.3 Å². The number of nitro benzene ring substituents is 1. The Morgan fingerprint density at radius 1 is 1.20 bits per heavy atom. The highest BCUT2D eigenvalue weighted by Gasteiger charge is 2.33. The van der Waals surface area contributed by atoms with Gasteiger partial charge in [-0.3, -0.25) is 10.1 Å². The summed E-state index contributed by atoms with van der Waals surface area (Å²) < 4.78 is 38.9. The summed E-state index contributed by atoms with van der Waals surface area (Å²) in [7, 11) is 0. The van der Waals surface area contributed by atoms with E-state index in [-0.39, 0.29) is 30.6 Å². The van der Waals surface area contributed by atoms with Gasteiger partial charge in [0.25, 0.3) is 5.69 Å². The summed E-state index contributed by atoms with van der Waals surface area (Å²) in [5.41, 5.74) is -0.951. The van der Waals surface area contributed by atoms with Crippen molar-refractivity contribution in [3.8, 4) is 0 Å². The van der Waals surface area contributed by atoms with Crippen molar-refractivity contribution < 1.29 is 23.2 Å². The van der Waals surface area contributed by atoms with Gasteiger partial charge < -0.3 is 15.7 Å². The molecule has 0 spiro atoms. The highest BCUT2D eigenvalue weighted by atomic mass is 19.4. The lowest BCUT2D eigenvalue weighted by Gasteiger charge is -2.12. The first-order chi connectivity index (χ1) is 11.8. The second kappa shape index (κ2) is 7.75. The Labute approximate surface area is 139 Å². The molecule has 0 bridgehead atoms. The van der Waals surface area contributed by atoms with Gasteiger partial charge in [0.15, 0.2) is 5.69 Å². The maximum absolute atomic E-state index is 13.0. The number of rotatable bonds is 7. The topological polar surface area (TPSA) is 113 Å². The number of halogens is 3.